The molecular weight excluding hydrogens is 266 g/mol. The molecule has 0 aliphatic rings. The zero-order chi connectivity index (χ0) is 15.0. The van der Waals surface area contributed by atoms with Crippen molar-refractivity contribution >= 4 is 23.4 Å². The van der Waals surface area contributed by atoms with Crippen molar-refractivity contribution in [1.29, 1.82) is 0 Å². The van der Waals surface area contributed by atoms with Gasteiger partial charge in [-0.15, -0.1) is 0 Å². The van der Waals surface area contributed by atoms with Crippen LogP contribution < -0.4 is 10.6 Å². The Kier molecular flexibility index (Phi) is 6.14. The van der Waals surface area contributed by atoms with E-state index in [1.165, 1.54) is 0 Å². The third kappa shape index (κ3) is 4.67. The molecule has 0 aliphatic heterocycles. The minimum Gasteiger partial charge on any atom is -0.466 e. The lowest BCUT2D eigenvalue weighted by Crippen LogP contribution is -2.14. The summed E-state index contributed by atoms with van der Waals surface area (Å²) in [7, 11) is 0. The summed E-state index contributed by atoms with van der Waals surface area (Å²) >= 11 is 0. The molecule has 20 heavy (non-hydrogen) atoms. The standard InChI is InChI=1S/C11H17N5O4/c1-3-12-11-14-7-8(16(18)19)10(15-11)13-6-5-9(17)20-4-2/h7H,3-6H2,1-2H3,(H2,12,13,14,15). The van der Waals surface area contributed by atoms with Gasteiger partial charge >= 0.3 is 11.7 Å². The number of esters is 1. The van der Waals surface area contributed by atoms with E-state index < -0.39 is 4.92 Å². The number of anilines is 2. The second-order valence-corrected chi connectivity index (χ2v) is 3.70. The summed E-state index contributed by atoms with van der Waals surface area (Å²) in [4.78, 5) is 29.3. The fourth-order valence-electron chi connectivity index (χ4n) is 1.40. The Morgan fingerprint density at radius 3 is 2.80 bits per heavy atom. The topological polar surface area (TPSA) is 119 Å². The highest BCUT2D eigenvalue weighted by atomic mass is 16.6. The van der Waals surface area contributed by atoms with Gasteiger partial charge in [0.05, 0.1) is 18.0 Å². The first-order chi connectivity index (χ1) is 9.58. The molecule has 0 unspecified atom stereocenters. The lowest BCUT2D eigenvalue weighted by molar-refractivity contribution is -0.384. The van der Waals surface area contributed by atoms with Crippen molar-refractivity contribution in [2.75, 3.05) is 30.3 Å². The van der Waals surface area contributed by atoms with Crippen molar-refractivity contribution < 1.29 is 14.5 Å². The van der Waals surface area contributed by atoms with Crippen LogP contribution in [0.1, 0.15) is 20.3 Å². The van der Waals surface area contributed by atoms with E-state index >= 15 is 0 Å². The minimum atomic E-state index is -0.581. The van der Waals surface area contributed by atoms with Crippen molar-refractivity contribution in [1.82, 2.24) is 9.97 Å². The van der Waals surface area contributed by atoms with E-state index in [1.807, 2.05) is 6.92 Å². The molecule has 0 fully saturated rings. The van der Waals surface area contributed by atoms with Gasteiger partial charge in [-0.25, -0.2) is 4.98 Å². The van der Waals surface area contributed by atoms with Crippen molar-refractivity contribution in [3.8, 4) is 0 Å². The van der Waals surface area contributed by atoms with Crippen molar-refractivity contribution in [2.24, 2.45) is 0 Å². The summed E-state index contributed by atoms with van der Waals surface area (Å²) in [5.41, 5.74) is -0.240. The van der Waals surface area contributed by atoms with Gasteiger partial charge in [-0.05, 0) is 13.8 Å². The van der Waals surface area contributed by atoms with Crippen molar-refractivity contribution in [2.45, 2.75) is 20.3 Å². The van der Waals surface area contributed by atoms with Crippen LogP contribution in [-0.2, 0) is 9.53 Å². The summed E-state index contributed by atoms with van der Waals surface area (Å²) < 4.78 is 4.76. The maximum absolute atomic E-state index is 11.2. The van der Waals surface area contributed by atoms with Crippen LogP contribution in [0.2, 0.25) is 0 Å². The Hall–Kier alpha value is -2.45. The average molecular weight is 283 g/mol. The zero-order valence-electron chi connectivity index (χ0n) is 11.4. The largest absolute Gasteiger partial charge is 0.466 e. The van der Waals surface area contributed by atoms with Gasteiger partial charge in [0.15, 0.2) is 0 Å². The number of hydrogen-bond donors (Lipinski definition) is 2. The van der Waals surface area contributed by atoms with Gasteiger partial charge < -0.3 is 15.4 Å². The van der Waals surface area contributed by atoms with E-state index in [-0.39, 0.29) is 36.4 Å². The van der Waals surface area contributed by atoms with Gasteiger partial charge in [0.1, 0.15) is 6.20 Å². The Bertz CT molecular complexity index is 480. The van der Waals surface area contributed by atoms with Crippen LogP contribution in [0.4, 0.5) is 17.5 Å². The molecule has 1 aromatic rings. The molecule has 2 N–H and O–H groups in total. The molecule has 110 valence electrons. The number of carbonyl (C=O) groups is 1. The van der Waals surface area contributed by atoms with Crippen molar-refractivity contribution in [3.63, 3.8) is 0 Å². The maximum atomic E-state index is 11.2. The molecule has 1 aromatic heterocycles. The molecule has 0 saturated carbocycles. The number of nitrogens with one attached hydrogen (secondary N) is 2. The van der Waals surface area contributed by atoms with Crippen LogP contribution in [0.5, 0.6) is 0 Å². The van der Waals surface area contributed by atoms with Crippen LogP contribution in [0.3, 0.4) is 0 Å². The number of hydrogen-bond acceptors (Lipinski definition) is 8. The van der Waals surface area contributed by atoms with E-state index in [2.05, 4.69) is 20.6 Å². The number of ether oxygens (including phenoxy) is 1. The Morgan fingerprint density at radius 1 is 1.45 bits per heavy atom. The predicted molar refractivity (Wildman–Crippen MR) is 72.6 cm³/mol. The number of aromatic nitrogens is 2. The molecule has 9 nitrogen and oxygen atoms in total. The second-order valence-electron chi connectivity index (χ2n) is 3.70. The first-order valence-corrected chi connectivity index (χ1v) is 6.23. The quantitative estimate of drug-likeness (QED) is 0.414. The molecule has 0 aliphatic carbocycles. The molecule has 0 radical (unpaired) electrons. The third-order valence-electron chi connectivity index (χ3n) is 2.23. The Balaban J connectivity index is 2.72. The average Bonchev–Trinajstić information content (AvgIpc) is 2.39. The Morgan fingerprint density at radius 2 is 2.20 bits per heavy atom. The summed E-state index contributed by atoms with van der Waals surface area (Å²) in [6.07, 6.45) is 1.23. The van der Waals surface area contributed by atoms with Crippen molar-refractivity contribution in [3.05, 3.63) is 16.3 Å². The summed E-state index contributed by atoms with van der Waals surface area (Å²) in [5.74, 6) is -0.00870. The molecule has 1 rings (SSSR count). The van der Waals surface area contributed by atoms with E-state index in [0.717, 1.165) is 6.20 Å². The fourth-order valence-corrected chi connectivity index (χ4v) is 1.40. The highest BCUT2D eigenvalue weighted by molar-refractivity contribution is 5.70. The highest BCUT2D eigenvalue weighted by Crippen LogP contribution is 2.21. The first kappa shape index (κ1) is 15.6. The number of rotatable bonds is 8. The van der Waals surface area contributed by atoms with Gasteiger partial charge in [0.25, 0.3) is 0 Å². The number of nitrogens with zero attached hydrogens (tertiary/aromatic N) is 3. The molecule has 0 amide bonds. The summed E-state index contributed by atoms with van der Waals surface area (Å²) in [6.45, 7) is 4.67. The van der Waals surface area contributed by atoms with Gasteiger partial charge in [-0.2, -0.15) is 4.98 Å². The second kappa shape index (κ2) is 7.87. The molecule has 0 atom stereocenters. The minimum absolute atomic E-state index is 0.0743. The van der Waals surface area contributed by atoms with E-state index in [9.17, 15) is 14.9 Å². The van der Waals surface area contributed by atoms with Gasteiger partial charge in [-0.1, -0.05) is 0 Å². The SMILES string of the molecule is CCNc1ncc([N+](=O)[O-])c(NCCC(=O)OCC)n1. The van der Waals surface area contributed by atoms with Gasteiger partial charge in [-0.3, -0.25) is 14.9 Å². The lowest BCUT2D eigenvalue weighted by atomic mass is 10.4. The molecule has 9 heteroatoms. The van der Waals surface area contributed by atoms with Crippen LogP contribution in [-0.4, -0.2) is 40.6 Å². The maximum Gasteiger partial charge on any atom is 0.329 e. The number of nitro groups is 1. The normalized spacial score (nSPS) is 9.90. The van der Waals surface area contributed by atoms with Gasteiger partial charge in [0.2, 0.25) is 11.8 Å². The monoisotopic (exact) mass is 283 g/mol. The predicted octanol–water partition coefficient (Wildman–Crippen LogP) is 1.18. The summed E-state index contributed by atoms with van der Waals surface area (Å²) in [6, 6.07) is 0. The molecule has 0 spiro atoms. The van der Waals surface area contributed by atoms with Crippen LogP contribution in [0.15, 0.2) is 6.20 Å². The van der Waals surface area contributed by atoms with E-state index in [0.29, 0.717) is 13.2 Å². The zero-order valence-corrected chi connectivity index (χ0v) is 11.4. The summed E-state index contributed by atoms with van der Waals surface area (Å²) in [5, 5.41) is 16.5. The fraction of sp³-hybridized carbons (Fsp3) is 0.545. The Labute approximate surface area is 115 Å². The first-order valence-electron chi connectivity index (χ1n) is 6.23. The van der Waals surface area contributed by atoms with Crippen LogP contribution in [0.25, 0.3) is 0 Å². The number of carbonyl (C=O) groups excluding carboxylic acids is 1. The van der Waals surface area contributed by atoms with Crippen LogP contribution in [0, 0.1) is 10.1 Å². The van der Waals surface area contributed by atoms with Gasteiger partial charge in [0, 0.05) is 13.1 Å². The molecule has 0 saturated heterocycles. The van der Waals surface area contributed by atoms with E-state index in [1.54, 1.807) is 6.92 Å². The smallest absolute Gasteiger partial charge is 0.329 e. The van der Waals surface area contributed by atoms with Crippen LogP contribution >= 0.6 is 0 Å². The van der Waals surface area contributed by atoms with E-state index in [4.69, 9.17) is 4.74 Å². The molecule has 0 bridgehead atoms. The third-order valence-corrected chi connectivity index (χ3v) is 2.23. The molecule has 0 aromatic carbocycles. The molecule has 1 heterocycles. The molecular formula is C11H17N5O4. The lowest BCUT2D eigenvalue weighted by Gasteiger charge is -2.07. The highest BCUT2D eigenvalue weighted by Gasteiger charge is 2.17.